The maximum atomic E-state index is 12.3. The van der Waals surface area contributed by atoms with Crippen molar-refractivity contribution in [1.82, 2.24) is 9.62 Å². The van der Waals surface area contributed by atoms with E-state index in [0.717, 1.165) is 12.8 Å². The average molecular weight is 342 g/mol. The molecule has 128 valence electrons. The first-order valence-electron chi connectivity index (χ1n) is 7.57. The molecule has 1 aromatic rings. The summed E-state index contributed by atoms with van der Waals surface area (Å²) in [5, 5.41) is 0. The molecule has 1 aliphatic heterocycles. The van der Waals surface area contributed by atoms with Crippen molar-refractivity contribution in [2.24, 2.45) is 0 Å². The van der Waals surface area contributed by atoms with Gasteiger partial charge in [0.25, 0.3) is 0 Å². The van der Waals surface area contributed by atoms with Crippen LogP contribution < -0.4 is 14.2 Å². The zero-order chi connectivity index (χ0) is 16.9. The summed E-state index contributed by atoms with van der Waals surface area (Å²) < 4.78 is 37.6. The fraction of sp³-hybridized carbons (Fsp3) is 0.533. The molecule has 0 bridgehead atoms. The van der Waals surface area contributed by atoms with E-state index in [0.29, 0.717) is 31.3 Å². The van der Waals surface area contributed by atoms with Crippen LogP contribution in [-0.2, 0) is 14.8 Å². The van der Waals surface area contributed by atoms with Crippen LogP contribution >= 0.6 is 0 Å². The van der Waals surface area contributed by atoms with Crippen molar-refractivity contribution in [2.75, 3.05) is 33.4 Å². The Hall–Kier alpha value is -1.80. The lowest BCUT2D eigenvalue weighted by molar-refractivity contribution is -0.128. The molecule has 0 fully saturated rings. The van der Waals surface area contributed by atoms with Gasteiger partial charge in [-0.25, -0.2) is 13.1 Å². The number of nitrogens with zero attached hydrogens (tertiary/aromatic N) is 1. The molecule has 0 saturated heterocycles. The highest BCUT2D eigenvalue weighted by Gasteiger charge is 2.20. The Morgan fingerprint density at radius 3 is 2.65 bits per heavy atom. The minimum Gasteiger partial charge on any atom is -0.486 e. The summed E-state index contributed by atoms with van der Waals surface area (Å²) in [5.41, 5.74) is 0. The first kappa shape index (κ1) is 17.6. The van der Waals surface area contributed by atoms with Gasteiger partial charge in [-0.2, -0.15) is 0 Å². The average Bonchev–Trinajstić information content (AvgIpc) is 2.57. The van der Waals surface area contributed by atoms with Crippen LogP contribution in [0.5, 0.6) is 11.5 Å². The molecule has 0 aliphatic carbocycles. The molecule has 1 amide bonds. The molecule has 0 unspecified atom stereocenters. The summed E-state index contributed by atoms with van der Waals surface area (Å²) in [6.45, 7) is 3.20. The molecule has 1 aliphatic rings. The van der Waals surface area contributed by atoms with Crippen LogP contribution in [0.4, 0.5) is 0 Å². The first-order valence-corrected chi connectivity index (χ1v) is 9.05. The number of carbonyl (C=O) groups is 1. The second kappa shape index (κ2) is 7.65. The smallest absolute Gasteiger partial charge is 0.241 e. The van der Waals surface area contributed by atoms with Crippen molar-refractivity contribution in [3.63, 3.8) is 0 Å². The van der Waals surface area contributed by atoms with Crippen LogP contribution in [0.15, 0.2) is 23.1 Å². The molecule has 0 aromatic heterocycles. The highest BCUT2D eigenvalue weighted by atomic mass is 32.2. The van der Waals surface area contributed by atoms with Crippen LogP contribution in [0.2, 0.25) is 0 Å². The normalized spacial score (nSPS) is 13.7. The van der Waals surface area contributed by atoms with Crippen molar-refractivity contribution < 1.29 is 22.7 Å². The summed E-state index contributed by atoms with van der Waals surface area (Å²) in [5.74, 6) is 0.649. The molecule has 7 nitrogen and oxygen atoms in total. The summed E-state index contributed by atoms with van der Waals surface area (Å²) in [4.78, 5) is 13.5. The Morgan fingerprint density at radius 1 is 1.26 bits per heavy atom. The highest BCUT2D eigenvalue weighted by molar-refractivity contribution is 7.89. The lowest BCUT2D eigenvalue weighted by Crippen LogP contribution is -2.38. The molecular weight excluding hydrogens is 320 g/mol. The van der Waals surface area contributed by atoms with Crippen molar-refractivity contribution >= 4 is 15.9 Å². The van der Waals surface area contributed by atoms with E-state index in [2.05, 4.69) is 4.72 Å². The van der Waals surface area contributed by atoms with Gasteiger partial charge in [-0.1, -0.05) is 13.3 Å². The summed E-state index contributed by atoms with van der Waals surface area (Å²) in [6, 6.07) is 4.39. The zero-order valence-electron chi connectivity index (χ0n) is 13.4. The Morgan fingerprint density at radius 2 is 1.96 bits per heavy atom. The van der Waals surface area contributed by atoms with Gasteiger partial charge >= 0.3 is 0 Å². The van der Waals surface area contributed by atoms with Gasteiger partial charge in [0.15, 0.2) is 11.5 Å². The molecule has 8 heteroatoms. The summed E-state index contributed by atoms with van der Waals surface area (Å²) >= 11 is 0. The van der Waals surface area contributed by atoms with Crippen LogP contribution in [0, 0.1) is 0 Å². The van der Waals surface area contributed by atoms with Gasteiger partial charge in [-0.3, -0.25) is 4.79 Å². The number of carbonyl (C=O) groups excluding carboxylic acids is 1. The third-order valence-electron chi connectivity index (χ3n) is 3.51. The monoisotopic (exact) mass is 342 g/mol. The number of nitrogens with one attached hydrogen (secondary N) is 1. The fourth-order valence-corrected chi connectivity index (χ4v) is 3.08. The topological polar surface area (TPSA) is 84.9 Å². The second-order valence-electron chi connectivity index (χ2n) is 5.30. The van der Waals surface area contributed by atoms with E-state index in [1.54, 1.807) is 13.1 Å². The van der Waals surface area contributed by atoms with E-state index in [1.165, 1.54) is 17.0 Å². The summed E-state index contributed by atoms with van der Waals surface area (Å²) in [7, 11) is -2.11. The summed E-state index contributed by atoms with van der Waals surface area (Å²) in [6.07, 6.45) is 1.86. The third kappa shape index (κ3) is 4.59. The van der Waals surface area contributed by atoms with Crippen molar-refractivity contribution in [3.05, 3.63) is 18.2 Å². The van der Waals surface area contributed by atoms with Gasteiger partial charge in [0.05, 0.1) is 11.4 Å². The Labute approximate surface area is 136 Å². The largest absolute Gasteiger partial charge is 0.486 e. The molecule has 1 heterocycles. The minimum atomic E-state index is -3.78. The zero-order valence-corrected chi connectivity index (χ0v) is 14.2. The van der Waals surface area contributed by atoms with Crippen molar-refractivity contribution in [1.29, 1.82) is 0 Å². The highest BCUT2D eigenvalue weighted by Crippen LogP contribution is 2.32. The standard InChI is InChI=1S/C15H22N2O5S/c1-3-4-7-17(2)15(18)11-16-23(19,20)12-5-6-13-14(10-12)22-9-8-21-13/h5-6,10,16H,3-4,7-9,11H2,1-2H3. The van der Waals surface area contributed by atoms with Crippen LogP contribution in [0.1, 0.15) is 19.8 Å². The Balaban J connectivity index is 2.00. The van der Waals surface area contributed by atoms with Crippen LogP contribution in [0.25, 0.3) is 0 Å². The number of sulfonamides is 1. The molecule has 1 aromatic carbocycles. The molecule has 0 saturated carbocycles. The Bertz CT molecular complexity index is 660. The number of hydrogen-bond acceptors (Lipinski definition) is 5. The van der Waals surface area contributed by atoms with E-state index >= 15 is 0 Å². The molecule has 0 spiro atoms. The van der Waals surface area contributed by atoms with Crippen LogP contribution in [-0.4, -0.2) is 52.6 Å². The number of amides is 1. The number of ether oxygens (including phenoxy) is 2. The number of rotatable bonds is 7. The quantitative estimate of drug-likeness (QED) is 0.799. The molecule has 0 atom stereocenters. The van der Waals surface area contributed by atoms with E-state index in [1.807, 2.05) is 6.92 Å². The molecule has 2 rings (SSSR count). The van der Waals surface area contributed by atoms with Crippen molar-refractivity contribution in [2.45, 2.75) is 24.7 Å². The maximum Gasteiger partial charge on any atom is 0.241 e. The van der Waals surface area contributed by atoms with E-state index in [4.69, 9.17) is 9.47 Å². The Kier molecular flexibility index (Phi) is 5.84. The number of fused-ring (bicyclic) bond motifs is 1. The lowest BCUT2D eigenvalue weighted by Gasteiger charge is -2.19. The second-order valence-corrected chi connectivity index (χ2v) is 7.07. The predicted octanol–water partition coefficient (Wildman–Crippen LogP) is 0.995. The molecular formula is C15H22N2O5S. The van der Waals surface area contributed by atoms with Gasteiger partial charge in [0.2, 0.25) is 15.9 Å². The number of likely N-dealkylation sites (N-methyl/N-ethyl adjacent to an activating group) is 1. The van der Waals surface area contributed by atoms with Gasteiger partial charge in [0.1, 0.15) is 13.2 Å². The van der Waals surface area contributed by atoms with Gasteiger partial charge in [-0.15, -0.1) is 0 Å². The first-order chi connectivity index (χ1) is 10.9. The van der Waals surface area contributed by atoms with Gasteiger partial charge in [-0.05, 0) is 18.6 Å². The number of unbranched alkanes of at least 4 members (excludes halogenated alkanes) is 1. The number of hydrogen-bond donors (Lipinski definition) is 1. The minimum absolute atomic E-state index is 0.0470. The molecule has 23 heavy (non-hydrogen) atoms. The lowest BCUT2D eigenvalue weighted by atomic mass is 10.3. The number of benzene rings is 1. The van der Waals surface area contributed by atoms with Crippen LogP contribution in [0.3, 0.4) is 0 Å². The third-order valence-corrected chi connectivity index (χ3v) is 4.91. The van der Waals surface area contributed by atoms with Gasteiger partial charge < -0.3 is 14.4 Å². The van der Waals surface area contributed by atoms with E-state index in [9.17, 15) is 13.2 Å². The van der Waals surface area contributed by atoms with E-state index in [-0.39, 0.29) is 17.3 Å². The molecule has 0 radical (unpaired) electrons. The maximum absolute atomic E-state index is 12.3. The predicted molar refractivity (Wildman–Crippen MR) is 85.2 cm³/mol. The van der Waals surface area contributed by atoms with E-state index < -0.39 is 10.0 Å². The SMILES string of the molecule is CCCCN(C)C(=O)CNS(=O)(=O)c1ccc2c(c1)OCCO2. The van der Waals surface area contributed by atoms with Gasteiger partial charge in [0, 0.05) is 19.7 Å². The van der Waals surface area contributed by atoms with Crippen molar-refractivity contribution in [3.8, 4) is 11.5 Å². The fourth-order valence-electron chi connectivity index (χ4n) is 2.09. The molecule has 1 N–H and O–H groups in total.